The van der Waals surface area contributed by atoms with Crippen LogP contribution in [0, 0.1) is 0 Å². The first-order chi connectivity index (χ1) is 8.46. The molecule has 4 nitrogen and oxygen atoms in total. The van der Waals surface area contributed by atoms with Crippen LogP contribution < -0.4 is 5.48 Å². The van der Waals surface area contributed by atoms with Crippen LogP contribution in [0.15, 0.2) is 36.5 Å². The Bertz CT molecular complexity index is 573. The van der Waals surface area contributed by atoms with Crippen molar-refractivity contribution in [1.82, 2.24) is 10.5 Å². The lowest BCUT2D eigenvalue weighted by atomic mass is 10.1. The number of benzene rings is 1. The van der Waals surface area contributed by atoms with Crippen molar-refractivity contribution >= 4 is 16.8 Å². The van der Waals surface area contributed by atoms with Crippen molar-refractivity contribution in [2.75, 3.05) is 0 Å². The Labute approximate surface area is 106 Å². The Balaban J connectivity index is 2.18. The number of carbonyl (C=O) groups is 1. The van der Waals surface area contributed by atoms with Gasteiger partial charge < -0.3 is 0 Å². The number of hydrogen-bond acceptors (Lipinski definition) is 3. The molecule has 0 spiro atoms. The Hall–Kier alpha value is -1.94. The minimum atomic E-state index is -0.409. The molecule has 0 bridgehead atoms. The molecule has 0 unspecified atom stereocenters. The fourth-order valence-corrected chi connectivity index (χ4v) is 1.48. The largest absolute Gasteiger partial charge is 0.274 e. The molecule has 0 aliphatic carbocycles. The minimum Gasteiger partial charge on any atom is -0.268 e. The molecule has 0 aliphatic heterocycles. The van der Waals surface area contributed by atoms with Gasteiger partial charge in [0.05, 0.1) is 11.1 Å². The molecule has 2 aromatic rings. The average Bonchev–Trinajstić information content (AvgIpc) is 2.34. The summed E-state index contributed by atoms with van der Waals surface area (Å²) in [5, 5.41) is 0.931. The topological polar surface area (TPSA) is 51.2 Å². The van der Waals surface area contributed by atoms with E-state index in [9.17, 15) is 4.79 Å². The number of hydroxylamine groups is 1. The van der Waals surface area contributed by atoms with Crippen LogP contribution in [0.2, 0.25) is 0 Å². The van der Waals surface area contributed by atoms with Gasteiger partial charge in [0.15, 0.2) is 0 Å². The summed E-state index contributed by atoms with van der Waals surface area (Å²) in [7, 11) is 0. The van der Waals surface area contributed by atoms with Crippen LogP contribution in [-0.2, 0) is 4.84 Å². The van der Waals surface area contributed by atoms with Gasteiger partial charge in [-0.15, -0.1) is 0 Å². The summed E-state index contributed by atoms with van der Waals surface area (Å²) in [5.74, 6) is -0.254. The van der Waals surface area contributed by atoms with Crippen LogP contribution in [0.1, 0.15) is 31.1 Å². The summed E-state index contributed by atoms with van der Waals surface area (Å²) in [6.45, 7) is 5.62. The van der Waals surface area contributed by atoms with E-state index in [0.717, 1.165) is 10.9 Å². The third-order valence-electron chi connectivity index (χ3n) is 2.32. The number of carbonyl (C=O) groups excluding carboxylic acids is 1. The van der Waals surface area contributed by atoms with Crippen LogP contribution >= 0.6 is 0 Å². The number of hydrogen-bond donors (Lipinski definition) is 1. The van der Waals surface area contributed by atoms with Crippen LogP contribution in [0.25, 0.3) is 10.9 Å². The SMILES string of the molecule is CC(C)(C)ONC(=O)c1ccc2ncccc2c1. The van der Waals surface area contributed by atoms with Gasteiger partial charge in [-0.05, 0) is 45.0 Å². The van der Waals surface area contributed by atoms with Gasteiger partial charge in [-0.1, -0.05) is 6.07 Å². The minimum absolute atomic E-state index is 0.254. The highest BCUT2D eigenvalue weighted by Gasteiger charge is 2.14. The zero-order valence-corrected chi connectivity index (χ0v) is 10.7. The second-order valence-corrected chi connectivity index (χ2v) is 5.06. The van der Waals surface area contributed by atoms with E-state index in [4.69, 9.17) is 4.84 Å². The van der Waals surface area contributed by atoms with E-state index in [2.05, 4.69) is 10.5 Å². The van der Waals surface area contributed by atoms with Gasteiger partial charge >= 0.3 is 0 Å². The van der Waals surface area contributed by atoms with Gasteiger partial charge in [0.2, 0.25) is 0 Å². The van der Waals surface area contributed by atoms with Gasteiger partial charge in [-0.2, -0.15) is 0 Å². The van der Waals surface area contributed by atoms with E-state index in [-0.39, 0.29) is 5.91 Å². The molecule has 1 N–H and O–H groups in total. The number of amides is 1. The predicted molar refractivity (Wildman–Crippen MR) is 70.0 cm³/mol. The smallest absolute Gasteiger partial charge is 0.268 e. The van der Waals surface area contributed by atoms with Gasteiger partial charge in [-0.3, -0.25) is 14.6 Å². The van der Waals surface area contributed by atoms with Crippen molar-refractivity contribution < 1.29 is 9.63 Å². The fraction of sp³-hybridized carbons (Fsp3) is 0.286. The third kappa shape index (κ3) is 3.05. The van der Waals surface area contributed by atoms with Gasteiger partial charge in [0.1, 0.15) is 0 Å². The van der Waals surface area contributed by atoms with E-state index >= 15 is 0 Å². The van der Waals surface area contributed by atoms with E-state index in [1.165, 1.54) is 0 Å². The van der Waals surface area contributed by atoms with Gasteiger partial charge in [0.25, 0.3) is 5.91 Å². The molecule has 0 saturated carbocycles. The highest BCUT2D eigenvalue weighted by Crippen LogP contribution is 2.13. The van der Waals surface area contributed by atoms with Gasteiger partial charge in [-0.25, -0.2) is 5.48 Å². The van der Waals surface area contributed by atoms with E-state index in [1.807, 2.05) is 39.0 Å². The maximum Gasteiger partial charge on any atom is 0.274 e. The molecule has 2 rings (SSSR count). The standard InChI is InChI=1S/C14H16N2O2/c1-14(2,3)18-16-13(17)11-6-7-12-10(9-11)5-4-8-15-12/h4-9H,1-3H3,(H,16,17). The monoisotopic (exact) mass is 244 g/mol. The molecule has 18 heavy (non-hydrogen) atoms. The number of nitrogens with one attached hydrogen (secondary N) is 1. The molecule has 1 aromatic carbocycles. The number of rotatable bonds is 2. The number of nitrogens with zero attached hydrogens (tertiary/aromatic N) is 1. The first kappa shape index (κ1) is 12.5. The molecule has 0 atom stereocenters. The molecule has 0 radical (unpaired) electrons. The molecule has 0 fully saturated rings. The molecule has 1 heterocycles. The Morgan fingerprint density at radius 3 is 2.78 bits per heavy atom. The van der Waals surface area contributed by atoms with Crippen LogP contribution in [0.5, 0.6) is 0 Å². The zero-order chi connectivity index (χ0) is 13.2. The molecular weight excluding hydrogens is 228 g/mol. The van der Waals surface area contributed by atoms with Crippen LogP contribution in [0.4, 0.5) is 0 Å². The lowest BCUT2D eigenvalue weighted by molar-refractivity contribution is -0.0589. The molecule has 94 valence electrons. The quantitative estimate of drug-likeness (QED) is 0.826. The highest BCUT2D eigenvalue weighted by molar-refractivity contribution is 5.97. The van der Waals surface area contributed by atoms with Crippen molar-refractivity contribution in [1.29, 1.82) is 0 Å². The Morgan fingerprint density at radius 2 is 2.06 bits per heavy atom. The third-order valence-corrected chi connectivity index (χ3v) is 2.32. The van der Waals surface area contributed by atoms with Crippen molar-refractivity contribution in [2.24, 2.45) is 0 Å². The van der Waals surface area contributed by atoms with E-state index in [1.54, 1.807) is 18.3 Å². The van der Waals surface area contributed by atoms with Crippen LogP contribution in [0.3, 0.4) is 0 Å². The molecule has 0 saturated heterocycles. The second-order valence-electron chi connectivity index (χ2n) is 5.06. The average molecular weight is 244 g/mol. The lowest BCUT2D eigenvalue weighted by Gasteiger charge is -2.18. The van der Waals surface area contributed by atoms with Crippen LogP contribution in [-0.4, -0.2) is 16.5 Å². The van der Waals surface area contributed by atoms with Crippen molar-refractivity contribution in [3.63, 3.8) is 0 Å². The summed E-state index contributed by atoms with van der Waals surface area (Å²) in [5.41, 5.74) is 3.46. The first-order valence-electron chi connectivity index (χ1n) is 5.79. The van der Waals surface area contributed by atoms with E-state index in [0.29, 0.717) is 5.56 Å². The first-order valence-corrected chi connectivity index (χ1v) is 5.79. The highest BCUT2D eigenvalue weighted by atomic mass is 16.7. The maximum atomic E-state index is 11.9. The molecule has 1 aromatic heterocycles. The zero-order valence-electron chi connectivity index (χ0n) is 10.7. The molecule has 4 heteroatoms. The molecule has 1 amide bonds. The second kappa shape index (κ2) is 4.74. The Morgan fingerprint density at radius 1 is 1.28 bits per heavy atom. The predicted octanol–water partition coefficient (Wildman–Crippen LogP) is 2.69. The summed E-state index contributed by atoms with van der Waals surface area (Å²) in [6.07, 6.45) is 1.73. The Kier molecular flexibility index (Phi) is 3.30. The summed E-state index contributed by atoms with van der Waals surface area (Å²) < 4.78 is 0. The van der Waals surface area contributed by atoms with E-state index < -0.39 is 5.60 Å². The summed E-state index contributed by atoms with van der Waals surface area (Å²) >= 11 is 0. The van der Waals surface area contributed by atoms with Crippen molar-refractivity contribution in [3.05, 3.63) is 42.1 Å². The normalized spacial score (nSPS) is 11.5. The number of aromatic nitrogens is 1. The number of pyridine rings is 1. The lowest BCUT2D eigenvalue weighted by Crippen LogP contribution is -2.33. The van der Waals surface area contributed by atoms with Crippen molar-refractivity contribution in [2.45, 2.75) is 26.4 Å². The fourth-order valence-electron chi connectivity index (χ4n) is 1.48. The maximum absolute atomic E-state index is 11.9. The molecule has 0 aliphatic rings. The summed E-state index contributed by atoms with van der Waals surface area (Å²) in [4.78, 5) is 21.3. The molecular formula is C14H16N2O2. The number of fused-ring (bicyclic) bond motifs is 1. The van der Waals surface area contributed by atoms with Gasteiger partial charge in [0, 0.05) is 17.1 Å². The summed E-state index contributed by atoms with van der Waals surface area (Å²) in [6, 6.07) is 9.11. The van der Waals surface area contributed by atoms with Crippen molar-refractivity contribution in [3.8, 4) is 0 Å².